The molecule has 0 unspecified atom stereocenters. The highest BCUT2D eigenvalue weighted by molar-refractivity contribution is 7.89. The number of anilines is 2. The Balaban J connectivity index is 1.62. The molecule has 0 saturated carbocycles. The molecule has 2 aromatic rings. The van der Waals surface area contributed by atoms with Crippen molar-refractivity contribution in [2.75, 3.05) is 37.1 Å². The van der Waals surface area contributed by atoms with Crippen molar-refractivity contribution < 1.29 is 22.7 Å². The van der Waals surface area contributed by atoms with Crippen molar-refractivity contribution in [3.63, 3.8) is 0 Å². The van der Waals surface area contributed by atoms with Crippen LogP contribution < -0.4 is 20.1 Å². The number of rotatable bonds is 8. The van der Waals surface area contributed by atoms with Gasteiger partial charge in [0, 0.05) is 30.5 Å². The molecule has 0 spiro atoms. The van der Waals surface area contributed by atoms with Crippen LogP contribution in [-0.4, -0.2) is 45.1 Å². The summed E-state index contributed by atoms with van der Waals surface area (Å²) in [5.41, 5.74) is 1.14. The largest absolute Gasteiger partial charge is 0.454 e. The summed E-state index contributed by atoms with van der Waals surface area (Å²) in [4.78, 5) is 12.4. The molecule has 3 rings (SSSR count). The van der Waals surface area contributed by atoms with Gasteiger partial charge in [-0.05, 0) is 30.3 Å². The van der Waals surface area contributed by atoms with Crippen LogP contribution in [0.2, 0.25) is 0 Å². The number of carbonyl (C=O) groups is 1. The van der Waals surface area contributed by atoms with Crippen LogP contribution in [-0.2, 0) is 14.8 Å². The minimum Gasteiger partial charge on any atom is -0.454 e. The van der Waals surface area contributed by atoms with Gasteiger partial charge in [0.15, 0.2) is 11.5 Å². The Hall–Kier alpha value is -2.78. The summed E-state index contributed by atoms with van der Waals surface area (Å²) in [5.74, 6) is 0.957. The molecule has 0 radical (unpaired) electrons. The molecule has 0 atom stereocenters. The number of carbonyl (C=O) groups excluding carboxylic acids is 1. The summed E-state index contributed by atoms with van der Waals surface area (Å²) in [6, 6.07) is 11.6. The van der Waals surface area contributed by atoms with Crippen molar-refractivity contribution in [3.05, 3.63) is 42.5 Å². The molecule has 8 nitrogen and oxygen atoms in total. The molecule has 9 heteroatoms. The summed E-state index contributed by atoms with van der Waals surface area (Å²) in [7, 11) is -3.55. The Morgan fingerprint density at radius 2 is 1.79 bits per heavy atom. The monoisotopic (exact) mass is 405 g/mol. The van der Waals surface area contributed by atoms with Gasteiger partial charge in [-0.3, -0.25) is 4.79 Å². The van der Waals surface area contributed by atoms with E-state index in [0.717, 1.165) is 0 Å². The molecule has 2 aromatic carbocycles. The number of sulfonamides is 1. The number of benzene rings is 2. The average Bonchev–Trinajstić information content (AvgIpc) is 3.15. The maximum atomic E-state index is 12.6. The lowest BCUT2D eigenvalue weighted by Gasteiger charge is -2.19. The Kier molecular flexibility index (Phi) is 6.05. The van der Waals surface area contributed by atoms with Crippen LogP contribution in [0.4, 0.5) is 11.4 Å². The first kappa shape index (κ1) is 20.0. The first-order valence-corrected chi connectivity index (χ1v) is 10.4. The van der Waals surface area contributed by atoms with E-state index in [2.05, 4.69) is 10.6 Å². The smallest absolute Gasteiger partial charge is 0.243 e. The molecule has 28 heavy (non-hydrogen) atoms. The number of hydrogen-bond acceptors (Lipinski definition) is 6. The number of ether oxygens (including phenoxy) is 2. The topological polar surface area (TPSA) is 97.0 Å². The number of hydrogen-bond donors (Lipinski definition) is 2. The lowest BCUT2D eigenvalue weighted by Crippen LogP contribution is -2.30. The third kappa shape index (κ3) is 4.37. The van der Waals surface area contributed by atoms with Crippen molar-refractivity contribution in [3.8, 4) is 11.5 Å². The van der Waals surface area contributed by atoms with Gasteiger partial charge >= 0.3 is 0 Å². The van der Waals surface area contributed by atoms with E-state index in [-0.39, 0.29) is 24.1 Å². The second kappa shape index (κ2) is 8.49. The minimum atomic E-state index is -3.55. The molecule has 150 valence electrons. The van der Waals surface area contributed by atoms with Gasteiger partial charge < -0.3 is 20.1 Å². The average molecular weight is 405 g/mol. The summed E-state index contributed by atoms with van der Waals surface area (Å²) >= 11 is 0. The maximum absolute atomic E-state index is 12.6. The Labute approximate surface area is 164 Å². The number of fused-ring (bicyclic) bond motifs is 1. The number of amides is 1. The molecule has 0 saturated heterocycles. The molecule has 2 N–H and O–H groups in total. The van der Waals surface area contributed by atoms with Crippen LogP contribution in [0.5, 0.6) is 11.5 Å². The van der Waals surface area contributed by atoms with Crippen LogP contribution in [0.3, 0.4) is 0 Å². The molecule has 0 aromatic heterocycles. The fraction of sp³-hybridized carbons (Fsp3) is 0.316. The SMILES string of the molecule is CCN(CC)S(=O)(=O)c1cccc(NCC(=O)Nc2ccc3c(c2)OCO3)c1. The molecule has 1 amide bonds. The van der Waals surface area contributed by atoms with E-state index in [1.54, 1.807) is 50.2 Å². The van der Waals surface area contributed by atoms with Crippen molar-refractivity contribution >= 4 is 27.3 Å². The predicted octanol–water partition coefficient (Wildman–Crippen LogP) is 2.50. The second-order valence-corrected chi connectivity index (χ2v) is 8.02. The van der Waals surface area contributed by atoms with Crippen molar-refractivity contribution in [1.82, 2.24) is 4.31 Å². The van der Waals surface area contributed by atoms with Gasteiger partial charge in [0.25, 0.3) is 0 Å². The number of nitrogens with one attached hydrogen (secondary N) is 2. The predicted molar refractivity (Wildman–Crippen MR) is 106 cm³/mol. The van der Waals surface area contributed by atoms with Crippen LogP contribution in [0.15, 0.2) is 47.4 Å². The lowest BCUT2D eigenvalue weighted by atomic mass is 10.2. The molecule has 0 fully saturated rings. The summed E-state index contributed by atoms with van der Waals surface area (Å²) < 4.78 is 37.1. The Morgan fingerprint density at radius 1 is 1.04 bits per heavy atom. The van der Waals surface area contributed by atoms with E-state index in [1.807, 2.05) is 0 Å². The van der Waals surface area contributed by atoms with Gasteiger partial charge in [0.1, 0.15) is 0 Å². The number of nitrogens with zero attached hydrogens (tertiary/aromatic N) is 1. The fourth-order valence-corrected chi connectivity index (χ4v) is 4.35. The summed E-state index contributed by atoms with van der Waals surface area (Å²) in [6.07, 6.45) is 0. The van der Waals surface area contributed by atoms with E-state index < -0.39 is 10.0 Å². The highest BCUT2D eigenvalue weighted by Gasteiger charge is 2.21. The second-order valence-electron chi connectivity index (χ2n) is 6.09. The standard InChI is InChI=1S/C19H23N3O5S/c1-3-22(4-2)28(24,25)16-7-5-6-14(10-16)20-12-19(23)21-15-8-9-17-18(11-15)27-13-26-17/h5-11,20H,3-4,12-13H2,1-2H3,(H,21,23). The van der Waals surface area contributed by atoms with Gasteiger partial charge in [-0.1, -0.05) is 19.9 Å². The normalized spacial score (nSPS) is 12.8. The maximum Gasteiger partial charge on any atom is 0.243 e. The molecule has 1 heterocycles. The minimum absolute atomic E-state index is 0.0107. The first-order valence-electron chi connectivity index (χ1n) is 8.97. The van der Waals surface area contributed by atoms with Gasteiger partial charge in [0.2, 0.25) is 22.7 Å². The van der Waals surface area contributed by atoms with E-state index in [9.17, 15) is 13.2 Å². The zero-order valence-electron chi connectivity index (χ0n) is 15.8. The molecule has 1 aliphatic heterocycles. The van der Waals surface area contributed by atoms with Gasteiger partial charge in [-0.25, -0.2) is 8.42 Å². The third-order valence-corrected chi connectivity index (χ3v) is 6.33. The van der Waals surface area contributed by atoms with Crippen molar-refractivity contribution in [2.24, 2.45) is 0 Å². The van der Waals surface area contributed by atoms with Gasteiger partial charge in [-0.2, -0.15) is 4.31 Å². The first-order chi connectivity index (χ1) is 13.4. The molecular weight excluding hydrogens is 382 g/mol. The lowest BCUT2D eigenvalue weighted by molar-refractivity contribution is -0.114. The Morgan fingerprint density at radius 3 is 2.54 bits per heavy atom. The van der Waals surface area contributed by atoms with Crippen LogP contribution in [0.1, 0.15) is 13.8 Å². The van der Waals surface area contributed by atoms with Crippen LogP contribution >= 0.6 is 0 Å². The van der Waals surface area contributed by atoms with E-state index in [0.29, 0.717) is 36.0 Å². The highest BCUT2D eigenvalue weighted by Crippen LogP contribution is 2.34. The Bertz CT molecular complexity index is 958. The van der Waals surface area contributed by atoms with Crippen molar-refractivity contribution in [1.29, 1.82) is 0 Å². The van der Waals surface area contributed by atoms with Gasteiger partial charge in [-0.15, -0.1) is 0 Å². The van der Waals surface area contributed by atoms with Crippen LogP contribution in [0.25, 0.3) is 0 Å². The molecule has 0 bridgehead atoms. The van der Waals surface area contributed by atoms with Gasteiger partial charge in [0.05, 0.1) is 11.4 Å². The summed E-state index contributed by atoms with van der Waals surface area (Å²) in [5, 5.41) is 5.71. The zero-order chi connectivity index (χ0) is 20.1. The van der Waals surface area contributed by atoms with E-state index >= 15 is 0 Å². The molecular formula is C19H23N3O5S. The van der Waals surface area contributed by atoms with Crippen molar-refractivity contribution in [2.45, 2.75) is 18.7 Å². The third-order valence-electron chi connectivity index (χ3n) is 4.29. The highest BCUT2D eigenvalue weighted by atomic mass is 32.2. The quantitative estimate of drug-likeness (QED) is 0.700. The summed E-state index contributed by atoms with van der Waals surface area (Å²) in [6.45, 7) is 4.54. The molecule has 1 aliphatic rings. The fourth-order valence-electron chi connectivity index (χ4n) is 2.84. The van der Waals surface area contributed by atoms with Crippen LogP contribution in [0, 0.1) is 0 Å². The molecule has 0 aliphatic carbocycles. The zero-order valence-corrected chi connectivity index (χ0v) is 16.6. The van der Waals surface area contributed by atoms with E-state index in [4.69, 9.17) is 9.47 Å². The van der Waals surface area contributed by atoms with E-state index in [1.165, 1.54) is 10.4 Å².